The molecular formula is C3H3KO3. The summed E-state index contributed by atoms with van der Waals surface area (Å²) < 4.78 is 0. The van der Waals surface area contributed by atoms with E-state index in [4.69, 9.17) is 5.11 Å². The van der Waals surface area contributed by atoms with Gasteiger partial charge in [0.15, 0.2) is 0 Å². The van der Waals surface area contributed by atoms with Crippen LogP contribution in [0.15, 0.2) is 12.3 Å². The van der Waals surface area contributed by atoms with Gasteiger partial charge in [-0.15, -0.1) is 0 Å². The van der Waals surface area contributed by atoms with E-state index >= 15 is 0 Å². The van der Waals surface area contributed by atoms with Crippen molar-refractivity contribution in [3.05, 3.63) is 12.3 Å². The van der Waals surface area contributed by atoms with Crippen molar-refractivity contribution in [2.24, 2.45) is 0 Å². The predicted molar refractivity (Wildman–Crippen MR) is 16.8 cm³/mol. The van der Waals surface area contributed by atoms with Crippen molar-refractivity contribution < 1.29 is 66.4 Å². The minimum Gasteiger partial charge on any atom is -0.868 e. The summed E-state index contributed by atoms with van der Waals surface area (Å²) in [7, 11) is 0. The molecule has 0 spiro atoms. The maximum atomic E-state index is 9.43. The van der Waals surface area contributed by atoms with Crippen molar-refractivity contribution in [3.63, 3.8) is 0 Å². The quantitative estimate of drug-likeness (QED) is 0.221. The van der Waals surface area contributed by atoms with Gasteiger partial charge in [-0.2, -0.15) is 0 Å². The third-order valence-electron chi connectivity index (χ3n) is 0.239. The maximum Gasteiger partial charge on any atom is 1.00 e. The van der Waals surface area contributed by atoms with Crippen molar-refractivity contribution in [2.75, 3.05) is 0 Å². The van der Waals surface area contributed by atoms with E-state index in [1.165, 1.54) is 0 Å². The largest absolute Gasteiger partial charge is 1.00 e. The van der Waals surface area contributed by atoms with Crippen LogP contribution in [-0.4, -0.2) is 11.1 Å². The van der Waals surface area contributed by atoms with E-state index in [0.29, 0.717) is 0 Å². The Morgan fingerprint density at radius 1 is 1.71 bits per heavy atom. The molecule has 0 amide bonds. The SMILES string of the molecule is C=C([O-])C(=O)O.[K+]. The molecule has 1 N–H and O–H groups in total. The molecule has 4 heteroatoms. The van der Waals surface area contributed by atoms with Crippen LogP contribution in [-0.2, 0) is 4.79 Å². The summed E-state index contributed by atoms with van der Waals surface area (Å²) in [4.78, 5) is 9.29. The monoisotopic (exact) mass is 126 g/mol. The van der Waals surface area contributed by atoms with Crippen LogP contribution in [0.4, 0.5) is 0 Å². The molecule has 0 saturated heterocycles. The van der Waals surface area contributed by atoms with Crippen LogP contribution in [0, 0.1) is 0 Å². The van der Waals surface area contributed by atoms with Gasteiger partial charge in [0, 0.05) is 0 Å². The first-order chi connectivity index (χ1) is 2.64. The first-order valence-corrected chi connectivity index (χ1v) is 1.24. The molecule has 0 unspecified atom stereocenters. The Bertz CT molecular complexity index is 76.2. The minimum atomic E-state index is -1.49. The molecule has 0 atom stereocenters. The maximum absolute atomic E-state index is 9.43. The topological polar surface area (TPSA) is 60.4 Å². The second-order valence-electron chi connectivity index (χ2n) is 0.728. The Morgan fingerprint density at radius 2 is 1.86 bits per heavy atom. The van der Waals surface area contributed by atoms with Crippen LogP contribution in [0.1, 0.15) is 0 Å². The zero-order chi connectivity index (χ0) is 5.15. The zero-order valence-electron chi connectivity index (χ0n) is 3.97. The van der Waals surface area contributed by atoms with Crippen molar-refractivity contribution in [2.45, 2.75) is 0 Å². The molecule has 0 heterocycles. The summed E-state index contributed by atoms with van der Waals surface area (Å²) in [6.45, 7) is 2.60. The second-order valence-corrected chi connectivity index (χ2v) is 0.728. The fourth-order valence-corrected chi connectivity index (χ4v) is 0. The molecule has 0 aromatic carbocycles. The van der Waals surface area contributed by atoms with E-state index in [1.807, 2.05) is 0 Å². The average Bonchev–Trinajstić information content (AvgIpc) is 1.36. The number of hydrogen-bond acceptors (Lipinski definition) is 2. The van der Waals surface area contributed by atoms with E-state index in [-0.39, 0.29) is 51.4 Å². The third kappa shape index (κ3) is 6.65. The van der Waals surface area contributed by atoms with Gasteiger partial charge in [0.25, 0.3) is 0 Å². The Kier molecular flexibility index (Phi) is 7.26. The van der Waals surface area contributed by atoms with Gasteiger partial charge in [0.1, 0.15) is 0 Å². The molecule has 0 fully saturated rings. The summed E-state index contributed by atoms with van der Waals surface area (Å²) >= 11 is 0. The van der Waals surface area contributed by atoms with Crippen LogP contribution in [0.25, 0.3) is 0 Å². The third-order valence-corrected chi connectivity index (χ3v) is 0.239. The van der Waals surface area contributed by atoms with Gasteiger partial charge in [-0.1, -0.05) is 6.58 Å². The molecular weight excluding hydrogens is 123 g/mol. The Labute approximate surface area is 83.5 Å². The summed E-state index contributed by atoms with van der Waals surface area (Å²) in [5, 5.41) is 17.0. The van der Waals surface area contributed by atoms with Gasteiger partial charge < -0.3 is 10.2 Å². The molecule has 3 nitrogen and oxygen atoms in total. The van der Waals surface area contributed by atoms with E-state index in [2.05, 4.69) is 6.58 Å². The van der Waals surface area contributed by atoms with E-state index < -0.39 is 11.7 Å². The summed E-state index contributed by atoms with van der Waals surface area (Å²) in [5.74, 6) is -2.56. The van der Waals surface area contributed by atoms with Gasteiger partial charge in [-0.25, -0.2) is 4.79 Å². The molecule has 0 aromatic heterocycles. The number of rotatable bonds is 1. The molecule has 0 aliphatic carbocycles. The Morgan fingerprint density at radius 3 is 1.86 bits per heavy atom. The van der Waals surface area contributed by atoms with Crippen LogP contribution in [0.2, 0.25) is 0 Å². The minimum absolute atomic E-state index is 0. The first-order valence-electron chi connectivity index (χ1n) is 1.24. The number of carbonyl (C=O) groups is 1. The standard InChI is InChI=1S/C3H4O3.K/c1-2(4)3(5)6;/h4H,1H2,(H,5,6);/q;+1/p-1. The molecule has 0 radical (unpaired) electrons. The number of hydrogen-bond donors (Lipinski definition) is 1. The van der Waals surface area contributed by atoms with Crippen LogP contribution < -0.4 is 56.5 Å². The van der Waals surface area contributed by atoms with Gasteiger partial charge in [-0.05, 0) is 5.76 Å². The smallest absolute Gasteiger partial charge is 0.868 e. The van der Waals surface area contributed by atoms with E-state index in [0.717, 1.165) is 0 Å². The van der Waals surface area contributed by atoms with Crippen LogP contribution in [0.5, 0.6) is 0 Å². The van der Waals surface area contributed by atoms with Crippen molar-refractivity contribution in [1.29, 1.82) is 0 Å². The average molecular weight is 126 g/mol. The molecule has 0 rings (SSSR count). The summed E-state index contributed by atoms with van der Waals surface area (Å²) in [6.07, 6.45) is 0. The molecule has 0 saturated carbocycles. The second kappa shape index (κ2) is 4.80. The molecule has 0 bridgehead atoms. The molecule has 7 heavy (non-hydrogen) atoms. The molecule has 34 valence electrons. The van der Waals surface area contributed by atoms with Gasteiger partial charge in [-0.3, -0.25) is 0 Å². The Hall–Kier alpha value is 0.646. The summed E-state index contributed by atoms with van der Waals surface area (Å²) in [6, 6.07) is 0. The van der Waals surface area contributed by atoms with Crippen molar-refractivity contribution >= 4 is 5.97 Å². The molecule has 0 aliphatic heterocycles. The van der Waals surface area contributed by atoms with Crippen LogP contribution >= 0.6 is 0 Å². The predicted octanol–water partition coefficient (Wildman–Crippen LogP) is -4.05. The number of carboxylic acids is 1. The molecule has 0 aromatic rings. The number of carboxylic acid groups (broad SMARTS) is 1. The van der Waals surface area contributed by atoms with Crippen molar-refractivity contribution in [3.8, 4) is 0 Å². The van der Waals surface area contributed by atoms with Gasteiger partial charge >= 0.3 is 57.4 Å². The van der Waals surface area contributed by atoms with Crippen molar-refractivity contribution in [1.82, 2.24) is 0 Å². The van der Waals surface area contributed by atoms with Gasteiger partial charge in [0.05, 0.1) is 0 Å². The van der Waals surface area contributed by atoms with E-state index in [1.54, 1.807) is 0 Å². The molecule has 0 aliphatic rings. The normalized spacial score (nSPS) is 6.29. The summed E-state index contributed by atoms with van der Waals surface area (Å²) in [5.41, 5.74) is 0. The Balaban J connectivity index is 0. The van der Waals surface area contributed by atoms with Gasteiger partial charge in [0.2, 0.25) is 0 Å². The fourth-order valence-electron chi connectivity index (χ4n) is 0. The fraction of sp³-hybridized carbons (Fsp3) is 0. The first kappa shape index (κ1) is 10.6. The van der Waals surface area contributed by atoms with Crippen LogP contribution in [0.3, 0.4) is 0 Å². The zero-order valence-corrected chi connectivity index (χ0v) is 7.09. The van der Waals surface area contributed by atoms with E-state index in [9.17, 15) is 9.90 Å². The number of aliphatic carboxylic acids is 1.